The summed E-state index contributed by atoms with van der Waals surface area (Å²) in [6, 6.07) is 11.3. The van der Waals surface area contributed by atoms with Crippen molar-refractivity contribution in [2.75, 3.05) is 13.4 Å². The van der Waals surface area contributed by atoms with Gasteiger partial charge in [0.25, 0.3) is 0 Å². The Balaban J connectivity index is 1.76. The summed E-state index contributed by atoms with van der Waals surface area (Å²) in [5.41, 5.74) is 5.31. The molecule has 0 N–H and O–H groups in total. The van der Waals surface area contributed by atoms with E-state index < -0.39 is 9.84 Å². The Morgan fingerprint density at radius 1 is 0.926 bits per heavy atom. The Labute approximate surface area is 161 Å². The van der Waals surface area contributed by atoms with Gasteiger partial charge in [-0.15, -0.1) is 0 Å². The maximum atomic E-state index is 11.8. The van der Waals surface area contributed by atoms with Gasteiger partial charge in [-0.2, -0.15) is 0 Å². The van der Waals surface area contributed by atoms with E-state index in [0.717, 1.165) is 24.0 Å². The fourth-order valence-corrected chi connectivity index (χ4v) is 5.27. The summed E-state index contributed by atoms with van der Waals surface area (Å²) in [4.78, 5) is 4.76. The Morgan fingerprint density at radius 3 is 2.04 bits per heavy atom. The summed E-state index contributed by atoms with van der Waals surface area (Å²) in [6.07, 6.45) is 10.4. The standard InChI is InChI=1S/C22H25NO3S/c1-26-21-10-7-17(15-23-21)20-14-22(11-3-4-12-22)13-19(20)16-5-8-18(9-6-16)27(2,24)25/h5-10,15H,3-4,11-14H2,1-2H3. The second-order valence-electron chi connectivity index (χ2n) is 7.90. The van der Waals surface area contributed by atoms with Gasteiger partial charge in [-0.1, -0.05) is 25.0 Å². The van der Waals surface area contributed by atoms with Crippen LogP contribution in [0, 0.1) is 5.41 Å². The van der Waals surface area contributed by atoms with E-state index in [1.165, 1.54) is 43.1 Å². The molecule has 1 aromatic carbocycles. The Kier molecular flexibility index (Phi) is 4.58. The molecule has 0 radical (unpaired) electrons. The first-order valence-electron chi connectivity index (χ1n) is 9.43. The predicted molar refractivity (Wildman–Crippen MR) is 107 cm³/mol. The molecule has 0 atom stereocenters. The zero-order valence-corrected chi connectivity index (χ0v) is 16.7. The topological polar surface area (TPSA) is 56.3 Å². The number of hydrogen-bond acceptors (Lipinski definition) is 4. The van der Waals surface area contributed by atoms with Crippen LogP contribution in [0.4, 0.5) is 0 Å². The summed E-state index contributed by atoms with van der Waals surface area (Å²) in [5.74, 6) is 0.618. The van der Waals surface area contributed by atoms with Crippen molar-refractivity contribution in [3.05, 3.63) is 53.7 Å². The van der Waals surface area contributed by atoms with Gasteiger partial charge in [-0.05, 0) is 71.6 Å². The number of pyridine rings is 1. The van der Waals surface area contributed by atoms with E-state index in [1.54, 1.807) is 19.2 Å². The first-order chi connectivity index (χ1) is 12.9. The highest BCUT2D eigenvalue weighted by Gasteiger charge is 2.41. The zero-order chi connectivity index (χ0) is 19.1. The molecule has 0 bridgehead atoms. The lowest BCUT2D eigenvalue weighted by Crippen LogP contribution is -2.11. The van der Waals surface area contributed by atoms with Crippen LogP contribution in [-0.4, -0.2) is 26.8 Å². The molecule has 2 aromatic rings. The quantitative estimate of drug-likeness (QED) is 0.764. The molecule has 1 spiro atoms. The molecular formula is C22H25NO3S. The number of rotatable bonds is 4. The van der Waals surface area contributed by atoms with E-state index in [2.05, 4.69) is 11.1 Å². The summed E-state index contributed by atoms with van der Waals surface area (Å²) in [5, 5.41) is 0. The van der Waals surface area contributed by atoms with Crippen molar-refractivity contribution >= 4 is 21.0 Å². The molecule has 27 heavy (non-hydrogen) atoms. The number of nitrogens with zero attached hydrogens (tertiary/aromatic N) is 1. The minimum atomic E-state index is -3.18. The van der Waals surface area contributed by atoms with Crippen LogP contribution in [0.3, 0.4) is 0 Å². The molecule has 142 valence electrons. The number of sulfone groups is 1. The average molecular weight is 384 g/mol. The number of hydrogen-bond donors (Lipinski definition) is 0. The van der Waals surface area contributed by atoms with Crippen LogP contribution in [-0.2, 0) is 9.84 Å². The molecule has 5 heteroatoms. The average Bonchev–Trinajstić information content (AvgIpc) is 3.28. The van der Waals surface area contributed by atoms with Crippen molar-refractivity contribution in [1.82, 2.24) is 4.98 Å². The van der Waals surface area contributed by atoms with Crippen molar-refractivity contribution in [1.29, 1.82) is 0 Å². The van der Waals surface area contributed by atoms with Crippen molar-refractivity contribution in [2.24, 2.45) is 5.41 Å². The fourth-order valence-electron chi connectivity index (χ4n) is 4.64. The Bertz CT molecular complexity index is 967. The number of allylic oxidation sites excluding steroid dienone is 2. The van der Waals surface area contributed by atoms with Gasteiger partial charge < -0.3 is 4.74 Å². The molecule has 1 saturated carbocycles. The SMILES string of the molecule is COc1ccc(C2=C(c3ccc(S(C)(=O)=O)cc3)CC3(CCCC3)C2)cn1. The third-order valence-corrected chi connectivity index (χ3v) is 7.19. The largest absolute Gasteiger partial charge is 0.481 e. The van der Waals surface area contributed by atoms with Crippen LogP contribution in [0.25, 0.3) is 11.1 Å². The summed E-state index contributed by atoms with van der Waals surface area (Å²) < 4.78 is 28.8. The molecule has 0 saturated heterocycles. The third kappa shape index (κ3) is 3.53. The van der Waals surface area contributed by atoms with Gasteiger partial charge in [0.2, 0.25) is 5.88 Å². The molecule has 2 aliphatic carbocycles. The van der Waals surface area contributed by atoms with Crippen LogP contribution in [0.15, 0.2) is 47.5 Å². The lowest BCUT2D eigenvalue weighted by atomic mass is 9.81. The van der Waals surface area contributed by atoms with Crippen molar-refractivity contribution < 1.29 is 13.2 Å². The smallest absolute Gasteiger partial charge is 0.212 e. The van der Waals surface area contributed by atoms with Crippen molar-refractivity contribution in [2.45, 2.75) is 43.4 Å². The highest BCUT2D eigenvalue weighted by molar-refractivity contribution is 7.90. The van der Waals surface area contributed by atoms with E-state index >= 15 is 0 Å². The highest BCUT2D eigenvalue weighted by Crippen LogP contribution is 2.57. The maximum absolute atomic E-state index is 11.8. The van der Waals surface area contributed by atoms with Crippen LogP contribution >= 0.6 is 0 Å². The van der Waals surface area contributed by atoms with Gasteiger partial charge in [0.15, 0.2) is 9.84 Å². The van der Waals surface area contributed by atoms with E-state index in [0.29, 0.717) is 16.2 Å². The fraction of sp³-hybridized carbons (Fsp3) is 0.409. The molecule has 0 aliphatic heterocycles. The van der Waals surface area contributed by atoms with E-state index in [-0.39, 0.29) is 0 Å². The summed E-state index contributed by atoms with van der Waals surface area (Å²) in [7, 11) is -1.55. The molecule has 0 amide bonds. The number of benzene rings is 1. The van der Waals surface area contributed by atoms with E-state index in [1.807, 2.05) is 24.4 Å². The van der Waals surface area contributed by atoms with Crippen molar-refractivity contribution in [3.63, 3.8) is 0 Å². The summed E-state index contributed by atoms with van der Waals surface area (Å²) >= 11 is 0. The van der Waals surface area contributed by atoms with Gasteiger partial charge >= 0.3 is 0 Å². The second kappa shape index (κ2) is 6.79. The summed E-state index contributed by atoms with van der Waals surface area (Å²) in [6.45, 7) is 0. The molecule has 4 nitrogen and oxygen atoms in total. The van der Waals surface area contributed by atoms with E-state index in [9.17, 15) is 8.42 Å². The molecule has 1 heterocycles. The molecular weight excluding hydrogens is 358 g/mol. The first-order valence-corrected chi connectivity index (χ1v) is 11.3. The molecule has 1 aromatic heterocycles. The molecule has 4 rings (SSSR count). The van der Waals surface area contributed by atoms with Gasteiger partial charge in [-0.25, -0.2) is 13.4 Å². The Hall–Kier alpha value is -2.14. The predicted octanol–water partition coefficient (Wildman–Crippen LogP) is 4.76. The minimum absolute atomic E-state index is 0.361. The van der Waals surface area contributed by atoms with Gasteiger partial charge in [-0.3, -0.25) is 0 Å². The second-order valence-corrected chi connectivity index (χ2v) is 9.92. The normalized spacial score (nSPS) is 19.0. The first kappa shape index (κ1) is 18.2. The molecule has 2 aliphatic rings. The van der Waals surface area contributed by atoms with Crippen molar-refractivity contribution in [3.8, 4) is 5.88 Å². The van der Waals surface area contributed by atoms with Crippen LogP contribution < -0.4 is 4.74 Å². The Morgan fingerprint density at radius 2 is 1.52 bits per heavy atom. The highest BCUT2D eigenvalue weighted by atomic mass is 32.2. The van der Waals surface area contributed by atoms with E-state index in [4.69, 9.17) is 4.74 Å². The maximum Gasteiger partial charge on any atom is 0.212 e. The zero-order valence-electron chi connectivity index (χ0n) is 15.9. The van der Waals surface area contributed by atoms with Crippen LogP contribution in [0.1, 0.15) is 49.7 Å². The number of ether oxygens (including phenoxy) is 1. The molecule has 0 unspecified atom stereocenters. The lowest BCUT2D eigenvalue weighted by molar-refractivity contribution is 0.329. The molecule has 1 fully saturated rings. The van der Waals surface area contributed by atoms with Crippen LogP contribution in [0.5, 0.6) is 5.88 Å². The van der Waals surface area contributed by atoms with Gasteiger partial charge in [0.1, 0.15) is 0 Å². The minimum Gasteiger partial charge on any atom is -0.481 e. The van der Waals surface area contributed by atoms with Gasteiger partial charge in [0.05, 0.1) is 12.0 Å². The number of aromatic nitrogens is 1. The number of methoxy groups -OCH3 is 1. The van der Waals surface area contributed by atoms with Gasteiger partial charge in [0, 0.05) is 18.5 Å². The lowest BCUT2D eigenvalue weighted by Gasteiger charge is -2.23. The third-order valence-electron chi connectivity index (χ3n) is 6.06. The monoisotopic (exact) mass is 383 g/mol. The van der Waals surface area contributed by atoms with Crippen LogP contribution in [0.2, 0.25) is 0 Å².